The number of hydrogen-bond donors (Lipinski definition) is 2. The number of rotatable bonds is 54. The molecular formula is C61H115N2O6P. The molecule has 0 aliphatic carbocycles. The number of phosphoric acid groups is 1. The fourth-order valence-corrected chi connectivity index (χ4v) is 9.34. The van der Waals surface area contributed by atoms with Crippen LogP contribution in [-0.2, 0) is 18.4 Å². The number of amides is 1. The summed E-state index contributed by atoms with van der Waals surface area (Å²) in [6.45, 7) is 4.56. The summed E-state index contributed by atoms with van der Waals surface area (Å²) < 4.78 is 23.4. The number of carbonyl (C=O) groups is 1. The van der Waals surface area contributed by atoms with Crippen LogP contribution in [-0.4, -0.2) is 68.5 Å². The van der Waals surface area contributed by atoms with Gasteiger partial charge in [-0.3, -0.25) is 9.36 Å². The zero-order valence-electron chi connectivity index (χ0n) is 46.7. The molecule has 8 nitrogen and oxygen atoms in total. The number of aliphatic hydroxyl groups excluding tert-OH is 1. The van der Waals surface area contributed by atoms with Crippen LogP contribution < -0.4 is 10.2 Å². The summed E-state index contributed by atoms with van der Waals surface area (Å²) in [5.74, 6) is -0.205. The Kier molecular flexibility index (Phi) is 50.7. The van der Waals surface area contributed by atoms with Gasteiger partial charge in [-0.1, -0.05) is 267 Å². The number of likely N-dealkylation sites (N-methyl/N-ethyl adjacent to an activating group) is 1. The first kappa shape index (κ1) is 68.2. The molecule has 0 aliphatic heterocycles. The van der Waals surface area contributed by atoms with Crippen molar-refractivity contribution in [3.8, 4) is 0 Å². The highest BCUT2D eigenvalue weighted by Gasteiger charge is 2.23. The predicted molar refractivity (Wildman–Crippen MR) is 302 cm³/mol. The third-order valence-corrected chi connectivity index (χ3v) is 14.2. The number of unbranched alkanes of at least 4 members (excludes halogenated alkanes) is 33. The van der Waals surface area contributed by atoms with Gasteiger partial charge in [0.2, 0.25) is 5.91 Å². The number of carbonyl (C=O) groups excluding carboxylic acids is 1. The van der Waals surface area contributed by atoms with E-state index in [2.05, 4.69) is 67.8 Å². The van der Waals surface area contributed by atoms with Gasteiger partial charge in [0.05, 0.1) is 39.9 Å². The first-order chi connectivity index (χ1) is 34.0. The lowest BCUT2D eigenvalue weighted by Gasteiger charge is -2.29. The van der Waals surface area contributed by atoms with E-state index in [1.807, 2.05) is 27.2 Å². The van der Waals surface area contributed by atoms with Crippen molar-refractivity contribution in [2.75, 3.05) is 40.9 Å². The van der Waals surface area contributed by atoms with Crippen molar-refractivity contribution >= 4 is 13.7 Å². The van der Waals surface area contributed by atoms with Crippen molar-refractivity contribution < 1.29 is 32.9 Å². The highest BCUT2D eigenvalue weighted by Crippen LogP contribution is 2.38. The van der Waals surface area contributed by atoms with Gasteiger partial charge in [-0.05, 0) is 57.8 Å². The van der Waals surface area contributed by atoms with Crippen LogP contribution in [0.2, 0.25) is 0 Å². The maximum Gasteiger partial charge on any atom is 0.268 e. The molecule has 9 heteroatoms. The number of phosphoric ester groups is 1. The molecule has 0 radical (unpaired) electrons. The molecule has 3 atom stereocenters. The van der Waals surface area contributed by atoms with E-state index in [0.29, 0.717) is 17.4 Å². The standard InChI is InChI=1S/C61H115N2O6P/c1-6-8-10-12-14-16-18-20-22-24-26-28-29-30-31-32-33-35-36-38-40-42-44-46-48-50-52-54-60(64)59(58-69-70(66,67)68-57-56-63(3,4)5)62-61(65)55-53-51-49-47-45-43-41-39-37-34-27-25-23-21-19-17-15-13-11-9-7-2/h9,11,15,17,21,23,27,34,52,54,59-60,64H,6-8,10,12-14,16,18-20,22,24-26,28-33,35-51,53,55-58H2,1-5H3,(H-,62,65,66,67)/b11-9-,17-15-,23-21-,34-27-,54-52+. The van der Waals surface area contributed by atoms with Gasteiger partial charge >= 0.3 is 0 Å². The van der Waals surface area contributed by atoms with Gasteiger partial charge in [0.25, 0.3) is 7.82 Å². The SMILES string of the molecule is CC/C=C\C/C=C\C/C=C\C/C=C\CCCCCCCCCCC(=O)NC(COP(=O)([O-])OCC[N+](C)(C)C)C(O)/C=C/CCCCCCCCCCCCCCCCCCCCCCCCCCC. The number of hydrogen-bond acceptors (Lipinski definition) is 6. The first-order valence-corrected chi connectivity index (χ1v) is 31.1. The summed E-state index contributed by atoms with van der Waals surface area (Å²) in [5, 5.41) is 13.9. The molecule has 70 heavy (non-hydrogen) atoms. The summed E-state index contributed by atoms with van der Waals surface area (Å²) in [7, 11) is 1.25. The number of nitrogens with one attached hydrogen (secondary N) is 1. The minimum Gasteiger partial charge on any atom is -0.756 e. The molecule has 410 valence electrons. The highest BCUT2D eigenvalue weighted by molar-refractivity contribution is 7.45. The van der Waals surface area contributed by atoms with Gasteiger partial charge in [0.15, 0.2) is 0 Å². The molecule has 0 saturated carbocycles. The largest absolute Gasteiger partial charge is 0.756 e. The minimum absolute atomic E-state index is 0.00456. The summed E-state index contributed by atoms with van der Waals surface area (Å²) in [6, 6.07) is -0.895. The molecule has 1 amide bonds. The minimum atomic E-state index is -4.60. The molecule has 0 bridgehead atoms. The topological polar surface area (TPSA) is 108 Å². The lowest BCUT2D eigenvalue weighted by atomic mass is 10.0. The second kappa shape index (κ2) is 52.1. The van der Waals surface area contributed by atoms with Crippen molar-refractivity contribution in [2.45, 2.75) is 283 Å². The Morgan fingerprint density at radius 3 is 1.27 bits per heavy atom. The van der Waals surface area contributed by atoms with Crippen LogP contribution >= 0.6 is 7.82 Å². The fraction of sp³-hybridized carbons (Fsp3) is 0.820. The van der Waals surface area contributed by atoms with E-state index in [0.717, 1.165) is 77.0 Å². The van der Waals surface area contributed by atoms with E-state index >= 15 is 0 Å². The van der Waals surface area contributed by atoms with E-state index in [9.17, 15) is 19.4 Å². The predicted octanol–water partition coefficient (Wildman–Crippen LogP) is 17.5. The summed E-state index contributed by atoms with van der Waals surface area (Å²) in [4.78, 5) is 25.5. The Morgan fingerprint density at radius 2 is 0.871 bits per heavy atom. The lowest BCUT2D eigenvalue weighted by molar-refractivity contribution is -0.870. The Bertz CT molecular complexity index is 1320. The van der Waals surface area contributed by atoms with E-state index in [4.69, 9.17) is 9.05 Å². The molecular weight excluding hydrogens is 888 g/mol. The Hall–Kier alpha value is -1.80. The Labute approximate surface area is 434 Å². The molecule has 3 unspecified atom stereocenters. The molecule has 0 heterocycles. The van der Waals surface area contributed by atoms with Gasteiger partial charge in [-0.15, -0.1) is 0 Å². The second-order valence-corrected chi connectivity index (χ2v) is 22.7. The number of nitrogens with zero attached hydrogens (tertiary/aromatic N) is 1. The summed E-state index contributed by atoms with van der Waals surface area (Å²) in [5.41, 5.74) is 0. The lowest BCUT2D eigenvalue weighted by Crippen LogP contribution is -2.45. The average molecular weight is 1000 g/mol. The van der Waals surface area contributed by atoms with Gasteiger partial charge in [-0.2, -0.15) is 0 Å². The van der Waals surface area contributed by atoms with Crippen LogP contribution in [0.15, 0.2) is 60.8 Å². The second-order valence-electron chi connectivity index (χ2n) is 21.3. The van der Waals surface area contributed by atoms with E-state index in [-0.39, 0.29) is 19.1 Å². The monoisotopic (exact) mass is 1000 g/mol. The number of quaternary nitrogens is 1. The number of aliphatic hydroxyl groups is 1. The molecule has 0 aromatic rings. The van der Waals surface area contributed by atoms with Crippen molar-refractivity contribution in [3.05, 3.63) is 60.8 Å². The zero-order chi connectivity index (χ0) is 51.3. The smallest absolute Gasteiger partial charge is 0.268 e. The average Bonchev–Trinajstić information content (AvgIpc) is 3.32. The summed E-state index contributed by atoms with van der Waals surface area (Å²) >= 11 is 0. The van der Waals surface area contributed by atoms with E-state index < -0.39 is 20.0 Å². The van der Waals surface area contributed by atoms with Gasteiger partial charge < -0.3 is 28.8 Å². The van der Waals surface area contributed by atoms with Crippen LogP contribution in [0.1, 0.15) is 271 Å². The van der Waals surface area contributed by atoms with Crippen LogP contribution in [0.3, 0.4) is 0 Å². The molecule has 2 N–H and O–H groups in total. The quantitative estimate of drug-likeness (QED) is 0.0272. The van der Waals surface area contributed by atoms with Crippen molar-refractivity contribution in [1.29, 1.82) is 0 Å². The molecule has 0 aliphatic rings. The molecule has 0 spiro atoms. The van der Waals surface area contributed by atoms with Crippen LogP contribution in [0, 0.1) is 0 Å². The highest BCUT2D eigenvalue weighted by atomic mass is 31.2. The van der Waals surface area contributed by atoms with E-state index in [1.54, 1.807) is 6.08 Å². The van der Waals surface area contributed by atoms with Crippen LogP contribution in [0.5, 0.6) is 0 Å². The molecule has 0 saturated heterocycles. The Morgan fingerprint density at radius 1 is 0.514 bits per heavy atom. The van der Waals surface area contributed by atoms with Gasteiger partial charge in [0.1, 0.15) is 13.2 Å². The first-order valence-electron chi connectivity index (χ1n) is 29.7. The normalized spacial score (nSPS) is 14.3. The maximum absolute atomic E-state index is 13.0. The van der Waals surface area contributed by atoms with Crippen molar-refractivity contribution in [1.82, 2.24) is 5.32 Å². The third kappa shape index (κ3) is 54.0. The van der Waals surface area contributed by atoms with Crippen molar-refractivity contribution in [2.24, 2.45) is 0 Å². The zero-order valence-corrected chi connectivity index (χ0v) is 47.6. The molecule has 0 rings (SSSR count). The van der Waals surface area contributed by atoms with Crippen LogP contribution in [0.25, 0.3) is 0 Å². The maximum atomic E-state index is 13.0. The fourth-order valence-electron chi connectivity index (χ4n) is 8.62. The van der Waals surface area contributed by atoms with E-state index in [1.165, 1.54) is 173 Å². The number of allylic oxidation sites excluding steroid dienone is 9. The molecule has 0 aromatic carbocycles. The van der Waals surface area contributed by atoms with Crippen molar-refractivity contribution in [3.63, 3.8) is 0 Å². The van der Waals surface area contributed by atoms with Crippen LogP contribution in [0.4, 0.5) is 0 Å². The van der Waals surface area contributed by atoms with Gasteiger partial charge in [-0.25, -0.2) is 0 Å². The molecule has 0 aromatic heterocycles. The summed E-state index contributed by atoms with van der Waals surface area (Å²) in [6.07, 6.45) is 70.1. The molecule has 0 fully saturated rings. The van der Waals surface area contributed by atoms with Gasteiger partial charge in [0, 0.05) is 6.42 Å². The Balaban J connectivity index is 4.20. The third-order valence-electron chi connectivity index (χ3n) is 13.2.